The van der Waals surface area contributed by atoms with E-state index in [1.807, 2.05) is 26.0 Å². The Hall–Kier alpha value is -6.93. The number of amides is 9. The van der Waals surface area contributed by atoms with Gasteiger partial charge in [0.2, 0.25) is 35.4 Å². The third-order valence-electron chi connectivity index (χ3n) is 13.7. The van der Waals surface area contributed by atoms with E-state index in [1.54, 1.807) is 51.1 Å². The molecule has 25 heteroatoms. The summed E-state index contributed by atoms with van der Waals surface area (Å²) in [7, 11) is 0. The van der Waals surface area contributed by atoms with Gasteiger partial charge in [0.15, 0.2) is 0 Å². The topological polar surface area (TPSA) is 372 Å². The molecule has 13 N–H and O–H groups in total. The van der Waals surface area contributed by atoms with E-state index in [9.17, 15) is 48.3 Å². The number of allylic oxidation sites excluding steroid dienone is 2. The van der Waals surface area contributed by atoms with E-state index in [0.29, 0.717) is 56.5 Å². The largest absolute Gasteiger partial charge is 0.459 e. The van der Waals surface area contributed by atoms with Crippen LogP contribution < -0.4 is 54.2 Å². The van der Waals surface area contributed by atoms with Crippen molar-refractivity contribution in [3.63, 3.8) is 0 Å². The predicted molar refractivity (Wildman–Crippen MR) is 293 cm³/mol. The monoisotopic (exact) mass is 1120 g/mol. The Bertz CT molecular complexity index is 2380. The van der Waals surface area contributed by atoms with Gasteiger partial charge >= 0.3 is 18.1 Å². The minimum atomic E-state index is -1.12. The summed E-state index contributed by atoms with van der Waals surface area (Å²) in [6.45, 7) is 14.2. The lowest BCUT2D eigenvalue weighted by Crippen LogP contribution is -2.57. The average Bonchev–Trinajstić information content (AvgIpc) is 4.21. The van der Waals surface area contributed by atoms with E-state index in [1.165, 1.54) is 26.0 Å². The number of carbonyl (C=O) groups is 9. The molecule has 9 amide bonds. The summed E-state index contributed by atoms with van der Waals surface area (Å²) in [5.74, 6) is -3.81. The number of hydrogen-bond donors (Lipinski definition) is 11. The Labute approximate surface area is 467 Å². The summed E-state index contributed by atoms with van der Waals surface area (Å²) in [6.07, 6.45) is 7.46. The molecule has 1 aromatic rings. The van der Waals surface area contributed by atoms with Crippen LogP contribution in [0.1, 0.15) is 119 Å². The number of aliphatic hydroxyl groups excluding tert-OH is 1. The molecule has 444 valence electrons. The molecule has 0 aliphatic carbocycles. The summed E-state index contributed by atoms with van der Waals surface area (Å²) in [5, 5.41) is 27.4. The Morgan fingerprint density at radius 1 is 0.863 bits per heavy atom. The minimum absolute atomic E-state index is 0.0810. The number of hydrazine groups is 1. The third-order valence-corrected chi connectivity index (χ3v) is 13.7. The standard InChI is InChI=1S/C55H84N10O15/c1-31(2)48(63-51(72)41(59-36(7)66)12-9-10-24-56)52(73)62-42(13-11-25-58-53(57)74)50(71)60-39-19-17-38(18-20-39)29-76-54(75)65-64-47(69)27-40-28-55(30-77-55)49(70)45(80-40)22-15-32(3)14-21-44-33(4)26-43(35(6)79-44)61-46(68)23-16-34(5)78-37(8)67/h14-20,22-23,31,33-35,40-45,48-49,70H,9-13,21,24-30,56H2,1-8H3,(H,59,66)(H,60,71)(H,61,68)(H,62,73)(H,63,72)(H,64,69)(H,65,75)(H3,57,58,74)/b22-15+,23-16-,32-14+/t33-,34-,35+,40+,41-,42-,43+,44-,45+,48-,49+,55+/m0/s1. The molecule has 80 heavy (non-hydrogen) atoms. The van der Waals surface area contributed by atoms with Gasteiger partial charge in [-0.15, -0.1) is 0 Å². The van der Waals surface area contributed by atoms with E-state index < -0.39 is 102 Å². The molecular formula is C55H84N10O15. The SMILES string of the molecule is CC(=O)N[C@@H](CCCCN)C(=O)N[C@H](C(=O)N[C@@H](CCCNC(N)=O)C(=O)Nc1ccc(COC(=O)NNC(=O)C[C@@H]2C[C@@]3(CO3)[C@H](O)[C@@H](/C=C/C(C)=C/C[C@@H]3O[C@H](C)[C@H](NC(=O)/C=C\[C@H](C)OC(C)=O)C[C@@H]3C)O2)cc1)C(C)C. The summed E-state index contributed by atoms with van der Waals surface area (Å²) in [6, 6.07) is 2.24. The average molecular weight is 1130 g/mol. The number of aliphatic hydroxyl groups is 1. The molecule has 0 radical (unpaired) electrons. The zero-order valence-corrected chi connectivity index (χ0v) is 47.1. The van der Waals surface area contributed by atoms with Crippen molar-refractivity contribution in [1.82, 2.24) is 37.4 Å². The first-order valence-electron chi connectivity index (χ1n) is 27.2. The summed E-state index contributed by atoms with van der Waals surface area (Å²) in [4.78, 5) is 113. The molecule has 3 saturated heterocycles. The van der Waals surface area contributed by atoms with E-state index in [2.05, 4.69) is 49.7 Å². The highest BCUT2D eigenvalue weighted by Gasteiger charge is 2.58. The van der Waals surface area contributed by atoms with Crippen LogP contribution in [-0.4, -0.2) is 145 Å². The number of benzene rings is 1. The number of epoxide rings is 1. The van der Waals surface area contributed by atoms with Crippen molar-refractivity contribution in [2.75, 3.05) is 25.0 Å². The van der Waals surface area contributed by atoms with E-state index in [4.69, 9.17) is 35.2 Å². The van der Waals surface area contributed by atoms with Crippen LogP contribution in [0.15, 0.2) is 60.2 Å². The highest BCUT2D eigenvalue weighted by molar-refractivity contribution is 5.99. The summed E-state index contributed by atoms with van der Waals surface area (Å²) >= 11 is 0. The number of unbranched alkanes of at least 4 members (excludes halogenated alkanes) is 1. The van der Waals surface area contributed by atoms with Crippen LogP contribution in [0.4, 0.5) is 15.3 Å². The lowest BCUT2D eigenvalue weighted by atomic mass is 9.87. The molecule has 1 spiro atoms. The molecule has 0 unspecified atom stereocenters. The van der Waals surface area contributed by atoms with Crippen molar-refractivity contribution in [2.45, 2.75) is 186 Å². The molecule has 4 rings (SSSR count). The van der Waals surface area contributed by atoms with Crippen molar-refractivity contribution >= 4 is 59.2 Å². The maximum Gasteiger partial charge on any atom is 0.426 e. The Kier molecular flexibility index (Phi) is 26.5. The number of esters is 1. The van der Waals surface area contributed by atoms with Gasteiger partial charge in [-0.25, -0.2) is 15.0 Å². The first-order valence-corrected chi connectivity index (χ1v) is 27.2. The molecule has 0 aromatic heterocycles. The van der Waals surface area contributed by atoms with Crippen LogP contribution in [-0.2, 0) is 63.9 Å². The number of urea groups is 1. The number of hydrogen-bond acceptors (Lipinski definition) is 16. The van der Waals surface area contributed by atoms with Gasteiger partial charge in [-0.3, -0.25) is 39.0 Å². The zero-order chi connectivity index (χ0) is 59.1. The molecule has 1 aromatic carbocycles. The quantitative estimate of drug-likeness (QED) is 0.0143. The summed E-state index contributed by atoms with van der Waals surface area (Å²) in [5.41, 5.74) is 16.2. The maximum atomic E-state index is 13.7. The van der Waals surface area contributed by atoms with Gasteiger partial charge in [-0.1, -0.05) is 56.7 Å². The van der Waals surface area contributed by atoms with Crippen LogP contribution in [0.25, 0.3) is 0 Å². The minimum Gasteiger partial charge on any atom is -0.459 e. The first kappa shape index (κ1) is 65.6. The molecule has 3 fully saturated rings. The fraction of sp³-hybridized carbons (Fsp3) is 0.618. The smallest absolute Gasteiger partial charge is 0.426 e. The Morgan fingerprint density at radius 3 is 2.19 bits per heavy atom. The fourth-order valence-electron chi connectivity index (χ4n) is 9.21. The maximum absolute atomic E-state index is 13.7. The van der Waals surface area contributed by atoms with Crippen molar-refractivity contribution in [1.29, 1.82) is 0 Å². The van der Waals surface area contributed by atoms with Gasteiger partial charge in [0.1, 0.15) is 48.6 Å². The second-order valence-electron chi connectivity index (χ2n) is 21.1. The van der Waals surface area contributed by atoms with E-state index >= 15 is 0 Å². The van der Waals surface area contributed by atoms with Gasteiger partial charge in [0.05, 0.1) is 37.4 Å². The summed E-state index contributed by atoms with van der Waals surface area (Å²) < 4.78 is 28.4. The highest BCUT2D eigenvalue weighted by Crippen LogP contribution is 2.43. The number of ether oxygens (including phenoxy) is 5. The fourth-order valence-corrected chi connectivity index (χ4v) is 9.21. The molecule has 3 aliphatic heterocycles. The van der Waals surface area contributed by atoms with Gasteiger partial charge in [0.25, 0.3) is 0 Å². The lowest BCUT2D eigenvalue weighted by Gasteiger charge is -2.39. The molecule has 12 atom stereocenters. The molecule has 3 heterocycles. The zero-order valence-electron chi connectivity index (χ0n) is 47.1. The third kappa shape index (κ3) is 22.7. The highest BCUT2D eigenvalue weighted by atomic mass is 16.6. The first-order chi connectivity index (χ1) is 37.9. The molecule has 3 aliphatic rings. The Balaban J connectivity index is 1.24. The number of primary amides is 1. The second kappa shape index (κ2) is 32.4. The Morgan fingerprint density at radius 2 is 1.55 bits per heavy atom. The molecule has 25 nitrogen and oxygen atoms in total. The van der Waals surface area contributed by atoms with Gasteiger partial charge in [-0.2, -0.15) is 0 Å². The molecule has 0 bridgehead atoms. The number of carbonyl (C=O) groups excluding carboxylic acids is 9. The van der Waals surface area contributed by atoms with Crippen molar-refractivity contribution in [2.24, 2.45) is 23.3 Å². The van der Waals surface area contributed by atoms with E-state index in [-0.39, 0.29) is 68.9 Å². The van der Waals surface area contributed by atoms with Crippen LogP contribution >= 0.6 is 0 Å². The normalized spacial score (nSPS) is 24.1. The number of rotatable bonds is 28. The van der Waals surface area contributed by atoms with Gasteiger partial charge in [-0.05, 0) is 108 Å². The van der Waals surface area contributed by atoms with Crippen molar-refractivity contribution in [3.8, 4) is 0 Å². The van der Waals surface area contributed by atoms with Gasteiger partial charge in [0, 0.05) is 38.6 Å². The van der Waals surface area contributed by atoms with Crippen LogP contribution in [0.2, 0.25) is 0 Å². The lowest BCUT2D eigenvalue weighted by molar-refractivity contribution is -0.146. The number of nitrogens with two attached hydrogens (primary N) is 2. The molecule has 0 saturated carbocycles. The van der Waals surface area contributed by atoms with Gasteiger partial charge < -0.3 is 72.2 Å². The van der Waals surface area contributed by atoms with Crippen LogP contribution in [0.3, 0.4) is 0 Å². The second-order valence-corrected chi connectivity index (χ2v) is 21.1. The van der Waals surface area contributed by atoms with Crippen molar-refractivity contribution < 1.29 is 71.9 Å². The van der Waals surface area contributed by atoms with E-state index in [0.717, 1.165) is 5.57 Å². The van der Waals surface area contributed by atoms with Crippen LogP contribution in [0.5, 0.6) is 0 Å². The molecular weight excluding hydrogens is 1040 g/mol. The van der Waals surface area contributed by atoms with Crippen LogP contribution in [0, 0.1) is 11.8 Å². The van der Waals surface area contributed by atoms with Crippen molar-refractivity contribution in [3.05, 3.63) is 65.8 Å². The number of nitrogens with one attached hydrogen (secondary N) is 8. The number of anilines is 1. The predicted octanol–water partition coefficient (Wildman–Crippen LogP) is 1.97.